The standard InChI is InChI=1S/C25H31N5O2S/c1-17-16-21(29-12-14-33-15-13-29)10-11-22(17)26-18(2)24(31)27-23-19(3)28(4)30(25(23)32)20-8-6-5-7-9-20/h5-11,16,18,26H,12-15H2,1-4H3,(H,27,31). The summed E-state index contributed by atoms with van der Waals surface area (Å²) in [4.78, 5) is 28.4. The monoisotopic (exact) mass is 465 g/mol. The largest absolute Gasteiger partial charge is 0.374 e. The van der Waals surface area contributed by atoms with E-state index in [0.717, 1.165) is 41.5 Å². The van der Waals surface area contributed by atoms with Crippen LogP contribution in [0.15, 0.2) is 53.3 Å². The summed E-state index contributed by atoms with van der Waals surface area (Å²) in [7, 11) is 1.81. The van der Waals surface area contributed by atoms with Crippen LogP contribution in [0.2, 0.25) is 0 Å². The van der Waals surface area contributed by atoms with Crippen molar-refractivity contribution in [3.8, 4) is 5.69 Å². The van der Waals surface area contributed by atoms with Crippen molar-refractivity contribution in [1.82, 2.24) is 9.36 Å². The molecule has 1 aromatic heterocycles. The highest BCUT2D eigenvalue weighted by atomic mass is 32.2. The lowest BCUT2D eigenvalue weighted by Gasteiger charge is -2.29. The van der Waals surface area contributed by atoms with Crippen LogP contribution in [0.3, 0.4) is 0 Å². The van der Waals surface area contributed by atoms with E-state index in [1.807, 2.05) is 62.1 Å². The van der Waals surface area contributed by atoms with Crippen molar-refractivity contribution in [1.29, 1.82) is 0 Å². The molecule has 4 rings (SSSR count). The van der Waals surface area contributed by atoms with Gasteiger partial charge in [0.1, 0.15) is 11.7 Å². The van der Waals surface area contributed by atoms with Gasteiger partial charge in [-0.3, -0.25) is 14.3 Å². The Morgan fingerprint density at radius 2 is 1.73 bits per heavy atom. The fourth-order valence-electron chi connectivity index (χ4n) is 4.07. The number of benzene rings is 2. The first kappa shape index (κ1) is 23.0. The van der Waals surface area contributed by atoms with Crippen molar-refractivity contribution in [3.63, 3.8) is 0 Å². The fraction of sp³-hybridized carbons (Fsp3) is 0.360. The maximum atomic E-state index is 13.1. The van der Waals surface area contributed by atoms with E-state index < -0.39 is 6.04 Å². The second kappa shape index (κ2) is 9.79. The number of carbonyl (C=O) groups is 1. The van der Waals surface area contributed by atoms with Crippen LogP contribution in [-0.4, -0.2) is 45.9 Å². The molecule has 0 saturated carbocycles. The quantitative estimate of drug-likeness (QED) is 0.580. The Labute approximate surface area is 198 Å². The molecule has 2 heterocycles. The minimum Gasteiger partial charge on any atom is -0.374 e. The number of amides is 1. The summed E-state index contributed by atoms with van der Waals surface area (Å²) in [6.45, 7) is 7.81. The zero-order valence-electron chi connectivity index (χ0n) is 19.6. The molecule has 1 unspecified atom stereocenters. The number of thioether (sulfide) groups is 1. The number of rotatable bonds is 6. The highest BCUT2D eigenvalue weighted by Gasteiger charge is 2.21. The Morgan fingerprint density at radius 3 is 2.39 bits per heavy atom. The predicted octanol–water partition coefficient (Wildman–Crippen LogP) is 3.79. The van der Waals surface area contributed by atoms with Gasteiger partial charge in [0.2, 0.25) is 5.91 Å². The number of anilines is 3. The highest BCUT2D eigenvalue weighted by molar-refractivity contribution is 7.99. The van der Waals surface area contributed by atoms with E-state index in [1.54, 1.807) is 16.3 Å². The van der Waals surface area contributed by atoms with Gasteiger partial charge in [0, 0.05) is 43.0 Å². The number of hydrogen-bond acceptors (Lipinski definition) is 5. The molecule has 7 nitrogen and oxygen atoms in total. The molecule has 1 saturated heterocycles. The van der Waals surface area contributed by atoms with Gasteiger partial charge in [0.05, 0.1) is 11.4 Å². The molecule has 1 fully saturated rings. The number of aromatic nitrogens is 2. The molecule has 2 aromatic carbocycles. The second-order valence-corrected chi connectivity index (χ2v) is 9.62. The smallest absolute Gasteiger partial charge is 0.295 e. The Bertz CT molecular complexity index is 1200. The molecule has 0 radical (unpaired) electrons. The Morgan fingerprint density at radius 1 is 1.03 bits per heavy atom. The average molecular weight is 466 g/mol. The van der Waals surface area contributed by atoms with Crippen molar-refractivity contribution in [3.05, 3.63) is 70.1 Å². The normalized spacial score (nSPS) is 14.7. The van der Waals surface area contributed by atoms with Crippen molar-refractivity contribution in [2.24, 2.45) is 7.05 Å². The van der Waals surface area contributed by atoms with Gasteiger partial charge in [0.15, 0.2) is 0 Å². The summed E-state index contributed by atoms with van der Waals surface area (Å²) < 4.78 is 3.32. The minimum atomic E-state index is -0.509. The summed E-state index contributed by atoms with van der Waals surface area (Å²) in [5.41, 5.74) is 4.73. The molecular formula is C25H31N5O2S. The number of nitrogens with one attached hydrogen (secondary N) is 2. The van der Waals surface area contributed by atoms with E-state index >= 15 is 0 Å². The summed E-state index contributed by atoms with van der Waals surface area (Å²) in [6, 6.07) is 15.2. The highest BCUT2D eigenvalue weighted by Crippen LogP contribution is 2.25. The number of carbonyl (C=O) groups excluding carboxylic acids is 1. The Kier molecular flexibility index (Phi) is 6.83. The molecule has 0 spiro atoms. The van der Waals surface area contributed by atoms with Gasteiger partial charge in [-0.25, -0.2) is 4.68 Å². The molecule has 1 atom stereocenters. The molecule has 2 N–H and O–H groups in total. The summed E-state index contributed by atoms with van der Waals surface area (Å²) >= 11 is 1.99. The molecule has 1 aliphatic heterocycles. The van der Waals surface area contributed by atoms with Gasteiger partial charge < -0.3 is 15.5 Å². The van der Waals surface area contributed by atoms with Crippen LogP contribution >= 0.6 is 11.8 Å². The fourth-order valence-corrected chi connectivity index (χ4v) is 4.97. The zero-order chi connectivity index (χ0) is 23.5. The van der Waals surface area contributed by atoms with Gasteiger partial charge in [-0.2, -0.15) is 11.8 Å². The van der Waals surface area contributed by atoms with Gasteiger partial charge in [-0.1, -0.05) is 18.2 Å². The van der Waals surface area contributed by atoms with E-state index in [-0.39, 0.29) is 11.5 Å². The topological polar surface area (TPSA) is 71.3 Å². The minimum absolute atomic E-state index is 0.248. The van der Waals surface area contributed by atoms with Crippen LogP contribution in [0.4, 0.5) is 17.1 Å². The number of aryl methyl sites for hydroxylation is 1. The zero-order valence-corrected chi connectivity index (χ0v) is 20.4. The summed E-state index contributed by atoms with van der Waals surface area (Å²) in [5, 5.41) is 6.15. The molecule has 0 bridgehead atoms. The van der Waals surface area contributed by atoms with Gasteiger partial charge in [0.25, 0.3) is 5.56 Å². The SMILES string of the molecule is Cc1cc(N2CCSCC2)ccc1NC(C)C(=O)Nc1c(C)n(C)n(-c2ccccc2)c1=O. The first-order chi connectivity index (χ1) is 15.9. The van der Waals surface area contributed by atoms with E-state index in [4.69, 9.17) is 0 Å². The third-order valence-corrected chi connectivity index (χ3v) is 7.10. The Hall–Kier alpha value is -3.13. The van der Waals surface area contributed by atoms with Crippen LogP contribution in [0.5, 0.6) is 0 Å². The first-order valence-corrected chi connectivity index (χ1v) is 12.4. The predicted molar refractivity (Wildman–Crippen MR) is 138 cm³/mol. The molecule has 1 aliphatic rings. The molecule has 174 valence electrons. The van der Waals surface area contributed by atoms with Gasteiger partial charge in [-0.15, -0.1) is 0 Å². The van der Waals surface area contributed by atoms with Gasteiger partial charge >= 0.3 is 0 Å². The maximum Gasteiger partial charge on any atom is 0.295 e. The third kappa shape index (κ3) is 4.80. The van der Waals surface area contributed by atoms with Crippen LogP contribution in [0.25, 0.3) is 5.69 Å². The van der Waals surface area contributed by atoms with E-state index in [9.17, 15) is 9.59 Å². The van der Waals surface area contributed by atoms with Crippen LogP contribution in [-0.2, 0) is 11.8 Å². The summed E-state index contributed by atoms with van der Waals surface area (Å²) in [6.07, 6.45) is 0. The number of hydrogen-bond donors (Lipinski definition) is 2. The third-order valence-electron chi connectivity index (χ3n) is 6.15. The summed E-state index contributed by atoms with van der Waals surface area (Å²) in [5.74, 6) is 2.06. The average Bonchev–Trinajstić information content (AvgIpc) is 3.04. The van der Waals surface area contributed by atoms with Crippen molar-refractivity contribution in [2.75, 3.05) is 40.1 Å². The van der Waals surface area contributed by atoms with Crippen molar-refractivity contribution in [2.45, 2.75) is 26.8 Å². The Balaban J connectivity index is 1.48. The molecular weight excluding hydrogens is 434 g/mol. The van der Waals surface area contributed by atoms with Crippen LogP contribution in [0.1, 0.15) is 18.2 Å². The molecule has 33 heavy (non-hydrogen) atoms. The molecule has 8 heteroatoms. The molecule has 0 aliphatic carbocycles. The molecule has 3 aromatic rings. The van der Waals surface area contributed by atoms with Crippen molar-refractivity contribution >= 4 is 34.7 Å². The van der Waals surface area contributed by atoms with E-state index in [1.165, 1.54) is 5.69 Å². The van der Waals surface area contributed by atoms with E-state index in [2.05, 4.69) is 34.6 Å². The molecule has 1 amide bonds. The van der Waals surface area contributed by atoms with Crippen molar-refractivity contribution < 1.29 is 4.79 Å². The van der Waals surface area contributed by atoms with Crippen LogP contribution < -0.4 is 21.1 Å². The maximum absolute atomic E-state index is 13.1. The van der Waals surface area contributed by atoms with Crippen LogP contribution in [0, 0.1) is 13.8 Å². The van der Waals surface area contributed by atoms with Gasteiger partial charge in [-0.05, 0) is 56.7 Å². The van der Waals surface area contributed by atoms with E-state index in [0.29, 0.717) is 11.4 Å². The lowest BCUT2D eigenvalue weighted by molar-refractivity contribution is -0.116. The lowest BCUT2D eigenvalue weighted by Crippen LogP contribution is -2.34. The second-order valence-electron chi connectivity index (χ2n) is 8.39. The first-order valence-electron chi connectivity index (χ1n) is 11.2. The lowest BCUT2D eigenvalue weighted by atomic mass is 10.1. The number of nitrogens with zero attached hydrogens (tertiary/aromatic N) is 3. The number of para-hydroxylation sites is 1.